The van der Waals surface area contributed by atoms with Crippen LogP contribution in [-0.2, 0) is 4.79 Å². The van der Waals surface area contributed by atoms with Crippen LogP contribution in [0.4, 0.5) is 4.39 Å². The van der Waals surface area contributed by atoms with Crippen molar-refractivity contribution in [1.29, 1.82) is 0 Å². The number of halogens is 2. The Balaban J connectivity index is 2.30. The van der Waals surface area contributed by atoms with Crippen LogP contribution in [0, 0.1) is 12.7 Å². The van der Waals surface area contributed by atoms with Crippen LogP contribution in [0.3, 0.4) is 0 Å². The Morgan fingerprint density at radius 3 is 2.64 bits per heavy atom. The molecule has 1 atom stereocenters. The summed E-state index contributed by atoms with van der Waals surface area (Å²) in [5, 5.41) is 21.4. The van der Waals surface area contributed by atoms with Gasteiger partial charge in [0, 0.05) is 21.7 Å². The van der Waals surface area contributed by atoms with E-state index in [-0.39, 0.29) is 16.5 Å². The largest absolute Gasteiger partial charge is 0.505 e. The zero-order valence-electron chi connectivity index (χ0n) is 15.2. The highest BCUT2D eigenvalue weighted by Gasteiger charge is 2.29. The van der Waals surface area contributed by atoms with Gasteiger partial charge in [0.1, 0.15) is 6.73 Å². The molecule has 146 valence electrons. The second kappa shape index (κ2) is 7.61. The van der Waals surface area contributed by atoms with Crippen molar-refractivity contribution < 1.29 is 24.2 Å². The third-order valence-corrected chi connectivity index (χ3v) is 4.92. The number of carbonyl (C=O) groups excluding carboxylic acids is 2. The summed E-state index contributed by atoms with van der Waals surface area (Å²) in [6, 6.07) is 8.90. The summed E-state index contributed by atoms with van der Waals surface area (Å²) in [6.45, 7) is 2.55. The Hall–Kier alpha value is -2.90. The van der Waals surface area contributed by atoms with Gasteiger partial charge >= 0.3 is 0 Å². The number of nitrogens with zero attached hydrogens (tertiary/aromatic N) is 1. The molecule has 3 N–H and O–H groups in total. The van der Waals surface area contributed by atoms with Gasteiger partial charge in [-0.1, -0.05) is 17.7 Å². The van der Waals surface area contributed by atoms with Crippen LogP contribution < -0.4 is 5.32 Å². The topological polar surface area (TPSA) is 91.6 Å². The van der Waals surface area contributed by atoms with Gasteiger partial charge in [-0.25, -0.2) is 4.39 Å². The van der Waals surface area contributed by atoms with Crippen molar-refractivity contribution in [3.8, 4) is 5.75 Å². The van der Waals surface area contributed by atoms with Gasteiger partial charge in [-0.3, -0.25) is 14.2 Å². The number of aliphatic hydroxyl groups is 1. The van der Waals surface area contributed by atoms with Gasteiger partial charge in [0.2, 0.25) is 5.91 Å². The zero-order chi connectivity index (χ0) is 20.6. The molecule has 0 aliphatic carbocycles. The minimum absolute atomic E-state index is 0.0199. The highest BCUT2D eigenvalue weighted by atomic mass is 35.5. The van der Waals surface area contributed by atoms with Crippen molar-refractivity contribution in [3.63, 3.8) is 0 Å². The number of amides is 1. The Kier molecular flexibility index (Phi) is 5.40. The maximum absolute atomic E-state index is 14.8. The van der Waals surface area contributed by atoms with Gasteiger partial charge < -0.3 is 15.5 Å². The van der Waals surface area contributed by atoms with Crippen LogP contribution in [0.2, 0.25) is 5.02 Å². The van der Waals surface area contributed by atoms with Gasteiger partial charge in [-0.2, -0.15) is 0 Å². The lowest BCUT2D eigenvalue weighted by Gasteiger charge is -2.13. The first-order valence-electron chi connectivity index (χ1n) is 8.49. The van der Waals surface area contributed by atoms with E-state index in [1.165, 1.54) is 23.6 Å². The van der Waals surface area contributed by atoms with Crippen LogP contribution in [0.1, 0.15) is 34.5 Å². The van der Waals surface area contributed by atoms with E-state index in [1.54, 1.807) is 25.1 Å². The molecule has 0 fully saturated rings. The molecule has 0 saturated carbocycles. The minimum atomic E-state index is -0.920. The Bertz CT molecular complexity index is 1090. The van der Waals surface area contributed by atoms with Crippen molar-refractivity contribution in [2.24, 2.45) is 0 Å². The van der Waals surface area contributed by atoms with E-state index in [2.05, 4.69) is 5.32 Å². The molecular formula is C20H18ClFN2O4. The number of fused-ring (bicyclic) bond motifs is 1. The predicted molar refractivity (Wildman–Crippen MR) is 103 cm³/mol. The van der Waals surface area contributed by atoms with Crippen molar-refractivity contribution in [2.45, 2.75) is 19.8 Å². The van der Waals surface area contributed by atoms with Gasteiger partial charge in [-0.05, 0) is 49.7 Å². The molecule has 3 rings (SSSR count). The highest BCUT2D eigenvalue weighted by Crippen LogP contribution is 2.37. The molecule has 1 amide bonds. The third kappa shape index (κ3) is 3.23. The molecule has 1 unspecified atom stereocenters. The molecule has 28 heavy (non-hydrogen) atoms. The second-order valence-corrected chi connectivity index (χ2v) is 6.80. The number of carbonyl (C=O) groups is 2. The lowest BCUT2D eigenvalue weighted by molar-refractivity contribution is -0.123. The van der Waals surface area contributed by atoms with E-state index < -0.39 is 36.0 Å². The van der Waals surface area contributed by atoms with E-state index in [9.17, 15) is 19.1 Å². The molecule has 0 aliphatic heterocycles. The fraction of sp³-hybridized carbons (Fsp3) is 0.200. The summed E-state index contributed by atoms with van der Waals surface area (Å²) in [6.07, 6.45) is 0. The number of aliphatic hydroxyl groups excluding tert-OH is 1. The first-order chi connectivity index (χ1) is 13.3. The molecule has 0 spiro atoms. The molecule has 8 heteroatoms. The van der Waals surface area contributed by atoms with Crippen molar-refractivity contribution >= 4 is 34.3 Å². The van der Waals surface area contributed by atoms with Crippen LogP contribution in [0.15, 0.2) is 36.4 Å². The summed E-state index contributed by atoms with van der Waals surface area (Å²) < 4.78 is 16.1. The maximum atomic E-state index is 14.8. The second-order valence-electron chi connectivity index (χ2n) is 6.36. The Morgan fingerprint density at radius 2 is 2.00 bits per heavy atom. The van der Waals surface area contributed by atoms with E-state index in [0.29, 0.717) is 16.3 Å². The number of nitrogens with one attached hydrogen (secondary N) is 1. The van der Waals surface area contributed by atoms with Crippen LogP contribution in [-0.4, -0.2) is 33.3 Å². The first kappa shape index (κ1) is 19.9. The summed E-state index contributed by atoms with van der Waals surface area (Å²) in [5.74, 6) is -3.37. The maximum Gasteiger partial charge on any atom is 0.262 e. The highest BCUT2D eigenvalue weighted by molar-refractivity contribution is 6.31. The smallest absolute Gasteiger partial charge is 0.262 e. The van der Waals surface area contributed by atoms with E-state index in [1.807, 2.05) is 0 Å². The Morgan fingerprint density at radius 1 is 1.29 bits per heavy atom. The molecule has 0 saturated heterocycles. The molecule has 0 radical (unpaired) electrons. The monoisotopic (exact) mass is 404 g/mol. The summed E-state index contributed by atoms with van der Waals surface area (Å²) in [4.78, 5) is 25.4. The summed E-state index contributed by atoms with van der Waals surface area (Å²) in [5.41, 5.74) is 1.12. The molecule has 6 nitrogen and oxygen atoms in total. The molecule has 0 bridgehead atoms. The molecule has 0 aliphatic rings. The van der Waals surface area contributed by atoms with E-state index >= 15 is 0 Å². The fourth-order valence-electron chi connectivity index (χ4n) is 3.38. The molecular weight excluding hydrogens is 387 g/mol. The van der Waals surface area contributed by atoms with Crippen LogP contribution in [0.25, 0.3) is 10.9 Å². The summed E-state index contributed by atoms with van der Waals surface area (Å²) >= 11 is 5.98. The van der Waals surface area contributed by atoms with Gasteiger partial charge in [-0.15, -0.1) is 0 Å². The third-order valence-electron chi connectivity index (χ3n) is 4.69. The average Bonchev–Trinajstić information content (AvgIpc) is 2.96. The van der Waals surface area contributed by atoms with Crippen LogP contribution >= 0.6 is 11.6 Å². The number of phenols is 1. The van der Waals surface area contributed by atoms with Gasteiger partial charge in [0.15, 0.2) is 11.6 Å². The van der Waals surface area contributed by atoms with E-state index in [4.69, 9.17) is 16.7 Å². The minimum Gasteiger partial charge on any atom is -0.505 e. The molecule has 3 aromatic rings. The number of hydrogen-bond donors (Lipinski definition) is 3. The number of rotatable bonds is 4. The van der Waals surface area contributed by atoms with Gasteiger partial charge in [0.25, 0.3) is 5.91 Å². The molecule has 2 aromatic carbocycles. The fourth-order valence-corrected chi connectivity index (χ4v) is 3.57. The summed E-state index contributed by atoms with van der Waals surface area (Å²) in [7, 11) is 0. The van der Waals surface area contributed by atoms with Gasteiger partial charge in [0.05, 0.1) is 11.4 Å². The van der Waals surface area contributed by atoms with Crippen molar-refractivity contribution in [3.05, 3.63) is 64.1 Å². The number of phenolic OH excluding ortho intramolecular Hbond substituents is 1. The number of aromatic nitrogens is 1. The zero-order valence-corrected chi connectivity index (χ0v) is 15.9. The van der Waals surface area contributed by atoms with Crippen LogP contribution in [0.5, 0.6) is 5.75 Å². The molecule has 1 aromatic heterocycles. The lowest BCUT2D eigenvalue weighted by Crippen LogP contribution is -2.29. The molecule has 1 heterocycles. The average molecular weight is 405 g/mol. The number of benzene rings is 2. The normalized spacial score (nSPS) is 12.2. The Labute approximate surface area is 165 Å². The first-order valence-corrected chi connectivity index (χ1v) is 8.87. The standard InChI is InChI=1S/C20H18ClFN2O4/c1-10(19(27)23-9-25)16-11(2)24(14-6-7-15(26)18(22)17(14)16)20(28)12-4-3-5-13(21)8-12/h3-8,10,25-26H,9H2,1-2H3,(H,23,27). The number of aromatic hydroxyl groups is 1. The van der Waals surface area contributed by atoms with E-state index in [0.717, 1.165) is 6.07 Å². The van der Waals surface area contributed by atoms with Crippen molar-refractivity contribution in [2.75, 3.05) is 6.73 Å². The predicted octanol–water partition coefficient (Wildman–Crippen LogP) is 3.31. The number of hydrogen-bond acceptors (Lipinski definition) is 4. The lowest BCUT2D eigenvalue weighted by atomic mass is 9.96. The SMILES string of the molecule is Cc1c(C(C)C(=O)NCO)c2c(F)c(O)ccc2n1C(=O)c1cccc(Cl)c1. The quantitative estimate of drug-likeness (QED) is 0.582. The van der Waals surface area contributed by atoms with Crippen molar-refractivity contribution in [1.82, 2.24) is 9.88 Å².